The third-order valence-electron chi connectivity index (χ3n) is 10.1. The first-order valence-electron chi connectivity index (χ1n) is 16.6. The Morgan fingerprint density at radius 2 is 1.63 bits per heavy atom. The van der Waals surface area contributed by atoms with Crippen molar-refractivity contribution in [2.75, 3.05) is 27.2 Å². The number of aromatic nitrogens is 2. The van der Waals surface area contributed by atoms with E-state index in [1.54, 1.807) is 0 Å². The minimum absolute atomic E-state index is 0.0142. The Kier molecular flexibility index (Phi) is 10.4. The Balaban J connectivity index is 0.000000261. The van der Waals surface area contributed by atoms with Crippen LogP contribution in [0.4, 0.5) is 0 Å². The second-order valence-corrected chi connectivity index (χ2v) is 13.4. The number of benzene rings is 2. The molecule has 43 heavy (non-hydrogen) atoms. The minimum Gasteiger partial charge on any atom is -0.469 e. The van der Waals surface area contributed by atoms with Gasteiger partial charge in [0.05, 0.1) is 35.0 Å². The van der Waals surface area contributed by atoms with Crippen molar-refractivity contribution in [2.45, 2.75) is 102 Å². The van der Waals surface area contributed by atoms with E-state index in [2.05, 4.69) is 61.4 Å². The summed E-state index contributed by atoms with van der Waals surface area (Å²) in [7, 11) is 3.69. The molecule has 2 aliphatic heterocycles. The fraction of sp³-hybridized carbons (Fsp3) is 0.583. The van der Waals surface area contributed by atoms with E-state index < -0.39 is 0 Å². The summed E-state index contributed by atoms with van der Waals surface area (Å²) in [5, 5.41) is 0.690. The molecule has 2 aliphatic carbocycles. The number of likely N-dealkylation sites (tertiary alicyclic amines) is 1. The van der Waals surface area contributed by atoms with Gasteiger partial charge >= 0.3 is 5.97 Å². The quantitative estimate of drug-likeness (QED) is 0.261. The number of hydrogen-bond donors (Lipinski definition) is 0. The van der Waals surface area contributed by atoms with Crippen LogP contribution in [0.1, 0.15) is 114 Å². The maximum Gasteiger partial charge on any atom is 0.308 e. The Morgan fingerprint density at radius 1 is 0.953 bits per heavy atom. The number of halogens is 1. The largest absolute Gasteiger partial charge is 0.469 e. The standard InChI is InChI=1S/C26H28BrN3O.C8H14O2.C2H6/c1-29-14-10-17(11-15-29)18-8-9-19-22(16-18)30-21-7-5-6-20(27)23(21)24(31)28-25(30)26(19)12-3-2-4-13-26;1-10-8(9)7-5-3-2-4-6-7;1-2/h5-9,16-17H,2-4,10-15H2,1H3;7H,2-6H2,1H3;1-2H3. The zero-order valence-electron chi connectivity index (χ0n) is 26.5. The van der Waals surface area contributed by atoms with Gasteiger partial charge in [0, 0.05) is 4.47 Å². The monoisotopic (exact) mass is 649 g/mol. The van der Waals surface area contributed by atoms with Gasteiger partial charge < -0.3 is 9.64 Å². The molecule has 0 unspecified atom stereocenters. The van der Waals surface area contributed by atoms with Gasteiger partial charge in [0.15, 0.2) is 0 Å². The highest BCUT2D eigenvalue weighted by atomic mass is 79.9. The second kappa shape index (κ2) is 14.1. The van der Waals surface area contributed by atoms with Crippen molar-refractivity contribution >= 4 is 32.8 Å². The summed E-state index contributed by atoms with van der Waals surface area (Å²) in [5.74, 6) is 1.77. The molecular weight excluding hydrogens is 602 g/mol. The van der Waals surface area contributed by atoms with E-state index >= 15 is 0 Å². The number of methoxy groups -OCH3 is 1. The number of fused-ring (bicyclic) bond motifs is 7. The number of ether oxygens (including phenoxy) is 1. The molecule has 232 valence electrons. The number of carbonyl (C=O) groups is 1. The van der Waals surface area contributed by atoms with Gasteiger partial charge in [0.25, 0.3) is 5.56 Å². The summed E-state index contributed by atoms with van der Waals surface area (Å²) < 4.78 is 7.80. The number of hydrogen-bond acceptors (Lipinski definition) is 5. The van der Waals surface area contributed by atoms with E-state index in [9.17, 15) is 9.59 Å². The summed E-state index contributed by atoms with van der Waals surface area (Å²) in [6.07, 6.45) is 14.0. The van der Waals surface area contributed by atoms with Crippen molar-refractivity contribution in [2.24, 2.45) is 5.92 Å². The Hall–Kier alpha value is -2.51. The predicted octanol–water partition coefficient (Wildman–Crippen LogP) is 8.29. The van der Waals surface area contributed by atoms with Crippen molar-refractivity contribution in [3.05, 3.63) is 68.2 Å². The zero-order valence-corrected chi connectivity index (χ0v) is 28.0. The number of esters is 1. The van der Waals surface area contributed by atoms with Gasteiger partial charge in [-0.15, -0.1) is 0 Å². The summed E-state index contributed by atoms with van der Waals surface area (Å²) in [4.78, 5) is 31.3. The van der Waals surface area contributed by atoms with Crippen molar-refractivity contribution in [1.82, 2.24) is 14.5 Å². The molecule has 6 nitrogen and oxygen atoms in total. The van der Waals surface area contributed by atoms with E-state index in [0.29, 0.717) is 11.3 Å². The smallest absolute Gasteiger partial charge is 0.308 e. The van der Waals surface area contributed by atoms with Crippen LogP contribution >= 0.6 is 15.9 Å². The van der Waals surface area contributed by atoms with Crippen molar-refractivity contribution < 1.29 is 9.53 Å². The highest BCUT2D eigenvalue weighted by Crippen LogP contribution is 2.52. The molecule has 1 spiro atoms. The average molecular weight is 651 g/mol. The molecule has 4 aliphatic rings. The maximum absolute atomic E-state index is 13.1. The van der Waals surface area contributed by atoms with Crippen LogP contribution in [0.2, 0.25) is 0 Å². The Labute approximate surface area is 265 Å². The van der Waals surface area contributed by atoms with E-state index in [1.165, 1.54) is 75.3 Å². The molecule has 2 saturated carbocycles. The summed E-state index contributed by atoms with van der Waals surface area (Å²) in [6, 6.07) is 13.2. The lowest BCUT2D eigenvalue weighted by molar-refractivity contribution is -0.146. The lowest BCUT2D eigenvalue weighted by Crippen LogP contribution is -2.32. The molecule has 3 aromatic rings. The van der Waals surface area contributed by atoms with Gasteiger partial charge in [0.2, 0.25) is 0 Å². The molecule has 0 N–H and O–H groups in total. The molecule has 3 fully saturated rings. The molecule has 0 amide bonds. The van der Waals surface area contributed by atoms with E-state index in [0.717, 1.165) is 54.6 Å². The average Bonchev–Trinajstić information content (AvgIpc) is 3.31. The van der Waals surface area contributed by atoms with Crippen molar-refractivity contribution in [3.8, 4) is 5.69 Å². The summed E-state index contributed by atoms with van der Waals surface area (Å²) in [6.45, 7) is 6.32. The van der Waals surface area contributed by atoms with Crippen LogP contribution in [0, 0.1) is 5.92 Å². The van der Waals surface area contributed by atoms with Crippen LogP contribution in [0.3, 0.4) is 0 Å². The molecule has 3 heterocycles. The molecule has 0 radical (unpaired) electrons. The van der Waals surface area contributed by atoms with Crippen LogP contribution in [0.25, 0.3) is 16.6 Å². The normalized spacial score (nSPS) is 19.9. The number of carbonyl (C=O) groups excluding carboxylic acids is 1. The van der Waals surface area contributed by atoms with E-state index in [1.807, 2.05) is 26.0 Å². The number of piperidine rings is 1. The van der Waals surface area contributed by atoms with Gasteiger partial charge in [-0.2, -0.15) is 4.98 Å². The molecule has 7 rings (SSSR count). The van der Waals surface area contributed by atoms with Gasteiger partial charge in [-0.05, 0) is 110 Å². The van der Waals surface area contributed by atoms with Gasteiger partial charge in [-0.3, -0.25) is 14.2 Å². The van der Waals surface area contributed by atoms with Crippen LogP contribution in [0.15, 0.2) is 45.7 Å². The van der Waals surface area contributed by atoms with Crippen LogP contribution in [-0.4, -0.2) is 47.7 Å². The van der Waals surface area contributed by atoms with Gasteiger partial charge in [-0.1, -0.05) is 70.6 Å². The Bertz CT molecular complexity index is 1480. The van der Waals surface area contributed by atoms with Crippen LogP contribution in [0.5, 0.6) is 0 Å². The molecule has 1 saturated heterocycles. The van der Waals surface area contributed by atoms with Gasteiger partial charge in [0.1, 0.15) is 5.82 Å². The third-order valence-corrected chi connectivity index (χ3v) is 10.8. The SMILES string of the molecule is CC.CN1CCC(c2ccc3c(c2)-n2c(nc(=O)c4c(Br)cccc42)C32CCCCC2)CC1.COC(=O)C1CCCCC1. The molecule has 1 aromatic heterocycles. The fourth-order valence-corrected chi connectivity index (χ4v) is 8.33. The Morgan fingerprint density at radius 3 is 2.30 bits per heavy atom. The van der Waals surface area contributed by atoms with Crippen LogP contribution in [-0.2, 0) is 14.9 Å². The van der Waals surface area contributed by atoms with Crippen molar-refractivity contribution in [3.63, 3.8) is 0 Å². The predicted molar refractivity (Wildman–Crippen MR) is 178 cm³/mol. The highest BCUT2D eigenvalue weighted by molar-refractivity contribution is 9.10. The van der Waals surface area contributed by atoms with E-state index in [-0.39, 0.29) is 22.9 Å². The molecule has 2 aromatic carbocycles. The number of rotatable bonds is 2. The molecule has 7 heteroatoms. The summed E-state index contributed by atoms with van der Waals surface area (Å²) >= 11 is 3.61. The van der Waals surface area contributed by atoms with Gasteiger partial charge in [-0.25, -0.2) is 0 Å². The first kappa shape index (κ1) is 31.9. The van der Waals surface area contributed by atoms with Crippen molar-refractivity contribution in [1.29, 1.82) is 0 Å². The summed E-state index contributed by atoms with van der Waals surface area (Å²) in [5.41, 5.74) is 4.82. The molecule has 0 bridgehead atoms. The highest BCUT2D eigenvalue weighted by Gasteiger charge is 2.46. The fourth-order valence-electron chi connectivity index (χ4n) is 7.80. The first-order valence-corrected chi connectivity index (χ1v) is 17.3. The van der Waals surface area contributed by atoms with E-state index in [4.69, 9.17) is 4.98 Å². The first-order chi connectivity index (χ1) is 20.9. The lowest BCUT2D eigenvalue weighted by Gasteiger charge is -2.34. The minimum atomic E-state index is -0.117. The molecule has 0 atom stereocenters. The second-order valence-electron chi connectivity index (χ2n) is 12.6. The molecular formula is C36H48BrN3O3. The lowest BCUT2D eigenvalue weighted by atomic mass is 9.69. The maximum atomic E-state index is 13.1. The zero-order chi connectivity index (χ0) is 30.6. The third kappa shape index (κ3) is 6.22. The number of nitrogens with zero attached hydrogens (tertiary/aromatic N) is 3. The van der Waals surface area contributed by atoms with Crippen LogP contribution < -0.4 is 5.56 Å². The topological polar surface area (TPSA) is 64.4 Å².